The minimum atomic E-state index is 0.771. The Kier molecular flexibility index (Phi) is 3.87. The molecule has 0 radical (unpaired) electrons. The van der Waals surface area contributed by atoms with Gasteiger partial charge in [0.2, 0.25) is 0 Å². The molecule has 1 aromatic heterocycles. The maximum atomic E-state index is 5.91. The second kappa shape index (κ2) is 5.66. The molecular formula is C16H13Br2N3. The lowest BCUT2D eigenvalue weighted by molar-refractivity contribution is 1.38. The van der Waals surface area contributed by atoms with Gasteiger partial charge in [-0.2, -0.15) is 0 Å². The van der Waals surface area contributed by atoms with E-state index in [2.05, 4.69) is 48.2 Å². The van der Waals surface area contributed by atoms with Crippen LogP contribution in [0, 0.1) is 6.92 Å². The lowest BCUT2D eigenvalue weighted by Gasteiger charge is -2.13. The molecule has 0 aliphatic rings. The number of hydrogen-bond donors (Lipinski definition) is 2. The second-order valence-electron chi connectivity index (χ2n) is 4.84. The Morgan fingerprint density at radius 1 is 1.10 bits per heavy atom. The number of nitrogen functional groups attached to an aromatic ring is 1. The molecule has 0 unspecified atom stereocenters. The van der Waals surface area contributed by atoms with E-state index in [0.29, 0.717) is 0 Å². The van der Waals surface area contributed by atoms with Crippen molar-refractivity contribution in [1.29, 1.82) is 0 Å². The zero-order valence-corrected chi connectivity index (χ0v) is 14.5. The number of anilines is 3. The molecule has 3 aromatic rings. The zero-order valence-electron chi connectivity index (χ0n) is 11.3. The monoisotopic (exact) mass is 405 g/mol. The molecule has 5 heteroatoms. The van der Waals surface area contributed by atoms with Crippen LogP contribution in [-0.4, -0.2) is 4.98 Å². The van der Waals surface area contributed by atoms with Crippen LogP contribution in [0.3, 0.4) is 0 Å². The van der Waals surface area contributed by atoms with Crippen molar-refractivity contribution in [3.8, 4) is 0 Å². The van der Waals surface area contributed by atoms with Crippen LogP contribution in [-0.2, 0) is 0 Å². The molecule has 0 atom stereocenters. The van der Waals surface area contributed by atoms with Crippen LogP contribution in [0.25, 0.3) is 10.9 Å². The summed E-state index contributed by atoms with van der Waals surface area (Å²) in [5.74, 6) is 0. The van der Waals surface area contributed by atoms with Crippen molar-refractivity contribution in [3.63, 3.8) is 0 Å². The SMILES string of the molecule is Cc1cc(Nc2cccc3cc(Br)cnc23)c(Br)cc1N. The molecular weight excluding hydrogens is 394 g/mol. The van der Waals surface area contributed by atoms with Gasteiger partial charge in [-0.05, 0) is 68.6 Å². The Morgan fingerprint density at radius 3 is 2.71 bits per heavy atom. The van der Waals surface area contributed by atoms with E-state index >= 15 is 0 Å². The van der Waals surface area contributed by atoms with Crippen LogP contribution in [0.4, 0.5) is 17.1 Å². The lowest BCUT2D eigenvalue weighted by atomic mass is 10.1. The maximum Gasteiger partial charge on any atom is 0.0937 e. The van der Waals surface area contributed by atoms with Gasteiger partial charge in [0, 0.05) is 26.2 Å². The molecule has 0 bridgehead atoms. The summed E-state index contributed by atoms with van der Waals surface area (Å²) in [7, 11) is 0. The van der Waals surface area contributed by atoms with Crippen molar-refractivity contribution in [3.05, 3.63) is 57.1 Å². The summed E-state index contributed by atoms with van der Waals surface area (Å²) >= 11 is 6.99. The van der Waals surface area contributed by atoms with Crippen LogP contribution >= 0.6 is 31.9 Å². The molecule has 3 N–H and O–H groups in total. The molecule has 0 aliphatic heterocycles. The van der Waals surface area contributed by atoms with E-state index in [1.807, 2.05) is 37.3 Å². The minimum absolute atomic E-state index is 0.771. The molecule has 0 saturated carbocycles. The van der Waals surface area contributed by atoms with Gasteiger partial charge < -0.3 is 11.1 Å². The topological polar surface area (TPSA) is 50.9 Å². The van der Waals surface area contributed by atoms with Gasteiger partial charge in [-0.25, -0.2) is 0 Å². The van der Waals surface area contributed by atoms with E-state index in [0.717, 1.165) is 42.5 Å². The average molecular weight is 407 g/mol. The molecule has 106 valence electrons. The number of benzene rings is 2. The summed E-state index contributed by atoms with van der Waals surface area (Å²) in [6.07, 6.45) is 1.80. The first kappa shape index (κ1) is 14.4. The summed E-state index contributed by atoms with van der Waals surface area (Å²) in [6.45, 7) is 1.99. The van der Waals surface area contributed by atoms with Gasteiger partial charge in [0.25, 0.3) is 0 Å². The number of aromatic nitrogens is 1. The summed E-state index contributed by atoms with van der Waals surface area (Å²) in [5.41, 5.74) is 10.6. The average Bonchev–Trinajstić information content (AvgIpc) is 2.44. The Balaban J connectivity index is 2.08. The van der Waals surface area contributed by atoms with E-state index in [4.69, 9.17) is 5.73 Å². The number of fused-ring (bicyclic) bond motifs is 1. The predicted octanol–water partition coefficient (Wildman–Crippen LogP) is 5.39. The van der Waals surface area contributed by atoms with Gasteiger partial charge in [0.15, 0.2) is 0 Å². The summed E-state index contributed by atoms with van der Waals surface area (Å²) < 4.78 is 1.90. The second-order valence-corrected chi connectivity index (χ2v) is 6.61. The minimum Gasteiger partial charge on any atom is -0.398 e. The Labute approximate surface area is 139 Å². The Bertz CT molecular complexity index is 831. The molecule has 0 amide bonds. The number of nitrogens with zero attached hydrogens (tertiary/aromatic N) is 1. The summed E-state index contributed by atoms with van der Waals surface area (Å²) in [6, 6.07) is 12.1. The highest BCUT2D eigenvalue weighted by Gasteiger charge is 2.07. The number of pyridine rings is 1. The standard InChI is InChI=1S/C16H13Br2N3/c1-9-5-15(12(18)7-13(9)19)21-14-4-2-3-10-6-11(17)8-20-16(10)14/h2-8,21H,19H2,1H3. The van der Waals surface area contributed by atoms with E-state index in [1.165, 1.54) is 0 Å². The van der Waals surface area contributed by atoms with Crippen LogP contribution in [0.5, 0.6) is 0 Å². The fourth-order valence-electron chi connectivity index (χ4n) is 2.17. The van der Waals surface area contributed by atoms with E-state index in [-0.39, 0.29) is 0 Å². The van der Waals surface area contributed by atoms with E-state index < -0.39 is 0 Å². The fraction of sp³-hybridized carbons (Fsp3) is 0.0625. The van der Waals surface area contributed by atoms with Crippen molar-refractivity contribution in [2.45, 2.75) is 6.92 Å². The highest BCUT2D eigenvalue weighted by atomic mass is 79.9. The highest BCUT2D eigenvalue weighted by molar-refractivity contribution is 9.10. The molecule has 0 spiro atoms. The number of nitrogens with one attached hydrogen (secondary N) is 1. The van der Waals surface area contributed by atoms with Crippen molar-refractivity contribution in [2.24, 2.45) is 0 Å². The molecule has 21 heavy (non-hydrogen) atoms. The van der Waals surface area contributed by atoms with Gasteiger partial charge in [0.1, 0.15) is 0 Å². The largest absolute Gasteiger partial charge is 0.398 e. The first-order valence-corrected chi connectivity index (χ1v) is 8.00. The van der Waals surface area contributed by atoms with Gasteiger partial charge in [-0.3, -0.25) is 4.98 Å². The molecule has 0 fully saturated rings. The van der Waals surface area contributed by atoms with E-state index in [9.17, 15) is 0 Å². The Hall–Kier alpha value is -1.59. The van der Waals surface area contributed by atoms with Gasteiger partial charge in [0.05, 0.1) is 16.9 Å². The molecule has 0 saturated heterocycles. The molecule has 2 aromatic carbocycles. The number of aryl methyl sites for hydroxylation is 1. The lowest BCUT2D eigenvalue weighted by Crippen LogP contribution is -1.97. The van der Waals surface area contributed by atoms with Crippen molar-refractivity contribution >= 4 is 59.8 Å². The van der Waals surface area contributed by atoms with Crippen molar-refractivity contribution < 1.29 is 0 Å². The predicted molar refractivity (Wildman–Crippen MR) is 96.0 cm³/mol. The third-order valence-electron chi connectivity index (χ3n) is 3.30. The molecule has 3 rings (SSSR count). The van der Waals surface area contributed by atoms with Crippen LogP contribution < -0.4 is 11.1 Å². The first-order chi connectivity index (χ1) is 10.0. The van der Waals surface area contributed by atoms with Crippen LogP contribution in [0.15, 0.2) is 51.5 Å². The molecule has 3 nitrogen and oxygen atoms in total. The first-order valence-electron chi connectivity index (χ1n) is 6.41. The summed E-state index contributed by atoms with van der Waals surface area (Å²) in [5, 5.41) is 4.50. The number of rotatable bonds is 2. The molecule has 1 heterocycles. The quantitative estimate of drug-likeness (QED) is 0.560. The highest BCUT2D eigenvalue weighted by Crippen LogP contribution is 2.32. The van der Waals surface area contributed by atoms with Gasteiger partial charge >= 0.3 is 0 Å². The number of nitrogens with two attached hydrogens (primary N) is 1. The zero-order chi connectivity index (χ0) is 15.0. The number of para-hydroxylation sites is 1. The fourth-order valence-corrected chi connectivity index (χ4v) is 2.98. The maximum absolute atomic E-state index is 5.91. The smallest absolute Gasteiger partial charge is 0.0937 e. The van der Waals surface area contributed by atoms with Crippen molar-refractivity contribution in [2.75, 3.05) is 11.1 Å². The normalized spacial score (nSPS) is 10.8. The van der Waals surface area contributed by atoms with Gasteiger partial charge in [-0.1, -0.05) is 12.1 Å². The molecule has 0 aliphatic carbocycles. The Morgan fingerprint density at radius 2 is 1.90 bits per heavy atom. The number of hydrogen-bond acceptors (Lipinski definition) is 3. The van der Waals surface area contributed by atoms with E-state index in [1.54, 1.807) is 6.20 Å². The third-order valence-corrected chi connectivity index (χ3v) is 4.39. The number of halogens is 2. The third kappa shape index (κ3) is 2.89. The van der Waals surface area contributed by atoms with Gasteiger partial charge in [-0.15, -0.1) is 0 Å². The van der Waals surface area contributed by atoms with Crippen LogP contribution in [0.1, 0.15) is 5.56 Å². The van der Waals surface area contributed by atoms with Crippen LogP contribution in [0.2, 0.25) is 0 Å². The van der Waals surface area contributed by atoms with Crippen molar-refractivity contribution in [1.82, 2.24) is 4.98 Å². The summed E-state index contributed by atoms with van der Waals surface area (Å²) in [4.78, 5) is 4.50.